The Morgan fingerprint density at radius 1 is 0.862 bits per heavy atom. The number of phenols is 4. The van der Waals surface area contributed by atoms with Crippen LogP contribution in [0.5, 0.6) is 28.7 Å². The Balaban J connectivity index is 1.95. The van der Waals surface area contributed by atoms with Crippen LogP contribution in [0.3, 0.4) is 0 Å². The molecule has 5 N–H and O–H groups in total. The Morgan fingerprint density at radius 2 is 1.59 bits per heavy atom. The van der Waals surface area contributed by atoms with Crippen molar-refractivity contribution < 1.29 is 29.9 Å². The molecule has 8 nitrogen and oxygen atoms in total. The second kappa shape index (κ2) is 7.21. The number of hydrogen-bond donors (Lipinski definition) is 5. The van der Waals surface area contributed by atoms with Crippen LogP contribution >= 0.6 is 0 Å². The molecule has 0 amide bonds. The van der Waals surface area contributed by atoms with Crippen LogP contribution < -0.4 is 5.43 Å². The van der Waals surface area contributed by atoms with Gasteiger partial charge in [0.05, 0.1) is 5.56 Å². The summed E-state index contributed by atoms with van der Waals surface area (Å²) in [6.07, 6.45) is 3.19. The Morgan fingerprint density at radius 3 is 2.28 bits per heavy atom. The maximum atomic E-state index is 12.8. The minimum atomic E-state index is -0.855. The Hall–Kier alpha value is -3.39. The third-order valence-electron chi connectivity index (χ3n) is 5.27. The van der Waals surface area contributed by atoms with Crippen LogP contribution in [0, 0.1) is 0 Å². The fourth-order valence-corrected chi connectivity index (χ4v) is 3.73. The van der Waals surface area contributed by atoms with Crippen LogP contribution in [0.4, 0.5) is 0 Å². The average molecular weight is 399 g/mol. The van der Waals surface area contributed by atoms with Gasteiger partial charge >= 0.3 is 0 Å². The van der Waals surface area contributed by atoms with E-state index in [0.29, 0.717) is 12.1 Å². The number of likely N-dealkylation sites (tertiary alicyclic amines) is 1. The number of phenolic OH excluding ortho intramolecular Hbond substituents is 4. The van der Waals surface area contributed by atoms with Crippen molar-refractivity contribution in [3.05, 3.63) is 40.1 Å². The lowest BCUT2D eigenvalue weighted by molar-refractivity contribution is 0.218. The number of aromatic hydroxyl groups is 5. The van der Waals surface area contributed by atoms with Gasteiger partial charge in [0.2, 0.25) is 11.2 Å². The summed E-state index contributed by atoms with van der Waals surface area (Å²) in [7, 11) is 0. The summed E-state index contributed by atoms with van der Waals surface area (Å²) in [5.41, 5.74) is -0.394. The van der Waals surface area contributed by atoms with Crippen LogP contribution in [0.1, 0.15) is 24.8 Å². The van der Waals surface area contributed by atoms with E-state index in [9.17, 15) is 30.3 Å². The van der Waals surface area contributed by atoms with Crippen molar-refractivity contribution >= 4 is 11.0 Å². The van der Waals surface area contributed by atoms with Crippen molar-refractivity contribution in [1.29, 1.82) is 0 Å². The molecule has 1 saturated heterocycles. The molecule has 0 atom stereocenters. The predicted molar refractivity (Wildman–Crippen MR) is 105 cm³/mol. The summed E-state index contributed by atoms with van der Waals surface area (Å²) in [5.74, 6) is -2.50. The normalized spacial score (nSPS) is 15.0. The minimum absolute atomic E-state index is 0.0292. The highest BCUT2D eigenvalue weighted by molar-refractivity contribution is 5.91. The van der Waals surface area contributed by atoms with Gasteiger partial charge in [-0.25, -0.2) is 0 Å². The fourth-order valence-electron chi connectivity index (χ4n) is 3.73. The van der Waals surface area contributed by atoms with Crippen LogP contribution in [-0.2, 0) is 6.54 Å². The van der Waals surface area contributed by atoms with E-state index >= 15 is 0 Å². The second-order valence-corrected chi connectivity index (χ2v) is 7.25. The molecule has 1 aliphatic rings. The molecule has 0 radical (unpaired) electrons. The topological polar surface area (TPSA) is 135 Å². The zero-order valence-electron chi connectivity index (χ0n) is 15.6. The molecule has 0 aliphatic carbocycles. The molecular weight excluding hydrogens is 378 g/mol. The van der Waals surface area contributed by atoms with Crippen molar-refractivity contribution in [2.75, 3.05) is 13.1 Å². The summed E-state index contributed by atoms with van der Waals surface area (Å²) in [4.78, 5) is 14.9. The second-order valence-electron chi connectivity index (χ2n) is 7.25. The van der Waals surface area contributed by atoms with Gasteiger partial charge in [-0.1, -0.05) is 6.42 Å². The molecule has 2 heterocycles. The van der Waals surface area contributed by atoms with Crippen molar-refractivity contribution in [2.45, 2.75) is 25.8 Å². The molecule has 3 aromatic rings. The number of benzene rings is 2. The lowest BCUT2D eigenvalue weighted by atomic mass is 10.0. The van der Waals surface area contributed by atoms with E-state index in [-0.39, 0.29) is 33.8 Å². The van der Waals surface area contributed by atoms with Gasteiger partial charge in [-0.3, -0.25) is 9.69 Å². The fraction of sp³-hybridized carbons (Fsp3) is 0.286. The Bertz CT molecular complexity index is 1150. The van der Waals surface area contributed by atoms with Gasteiger partial charge < -0.3 is 29.9 Å². The average Bonchev–Trinajstić information content (AvgIpc) is 2.70. The predicted octanol–water partition coefficient (Wildman–Crippen LogP) is 2.97. The number of nitrogens with zero attached hydrogens (tertiary/aromatic N) is 1. The largest absolute Gasteiger partial charge is 0.507 e. The third kappa shape index (κ3) is 3.31. The molecule has 0 spiro atoms. The van der Waals surface area contributed by atoms with Gasteiger partial charge in [-0.15, -0.1) is 0 Å². The van der Waals surface area contributed by atoms with E-state index in [0.717, 1.165) is 44.5 Å². The van der Waals surface area contributed by atoms with E-state index in [1.54, 1.807) is 0 Å². The van der Waals surface area contributed by atoms with Crippen molar-refractivity contribution in [2.24, 2.45) is 0 Å². The van der Waals surface area contributed by atoms with E-state index in [1.165, 1.54) is 12.1 Å². The summed E-state index contributed by atoms with van der Waals surface area (Å²) in [6.45, 7) is 1.99. The van der Waals surface area contributed by atoms with Crippen LogP contribution in [0.15, 0.2) is 33.5 Å². The molecule has 0 saturated carbocycles. The summed E-state index contributed by atoms with van der Waals surface area (Å²) < 4.78 is 5.80. The van der Waals surface area contributed by atoms with Gasteiger partial charge in [0, 0.05) is 18.2 Å². The monoisotopic (exact) mass is 399 g/mol. The van der Waals surface area contributed by atoms with E-state index < -0.39 is 22.7 Å². The quantitative estimate of drug-likeness (QED) is 0.424. The highest BCUT2D eigenvalue weighted by atomic mass is 16.4. The van der Waals surface area contributed by atoms with Gasteiger partial charge in [-0.05, 0) is 44.1 Å². The van der Waals surface area contributed by atoms with Gasteiger partial charge in [0.1, 0.15) is 16.9 Å². The zero-order valence-corrected chi connectivity index (χ0v) is 15.6. The first-order valence-corrected chi connectivity index (χ1v) is 9.35. The van der Waals surface area contributed by atoms with Gasteiger partial charge in [0.15, 0.2) is 22.8 Å². The van der Waals surface area contributed by atoms with Crippen LogP contribution in [-0.4, -0.2) is 43.5 Å². The summed E-state index contributed by atoms with van der Waals surface area (Å²) in [5, 5.41) is 50.1. The molecule has 29 heavy (non-hydrogen) atoms. The zero-order chi connectivity index (χ0) is 20.7. The molecular formula is C21H21NO7. The smallest absolute Gasteiger partial charge is 0.238 e. The standard InChI is InChI=1S/C21H21NO7/c23-13-5-4-11(8-15(13)25)20-19(28)18(27)17-16(26)9-14(24)12(21(17)29-20)10-22-6-2-1-3-7-22/h4-5,8-9,23-26,28H,1-3,6-7,10H2. The molecule has 0 unspecified atom stereocenters. The van der Waals surface area contributed by atoms with Crippen LogP contribution in [0.2, 0.25) is 0 Å². The van der Waals surface area contributed by atoms with E-state index in [4.69, 9.17) is 4.42 Å². The molecule has 2 aromatic carbocycles. The first-order valence-electron chi connectivity index (χ1n) is 9.35. The molecule has 4 rings (SSSR count). The highest BCUT2D eigenvalue weighted by Crippen LogP contribution is 2.40. The molecule has 1 aromatic heterocycles. The lowest BCUT2D eigenvalue weighted by Crippen LogP contribution is -2.29. The molecule has 0 bridgehead atoms. The first-order chi connectivity index (χ1) is 13.9. The maximum absolute atomic E-state index is 12.8. The third-order valence-corrected chi connectivity index (χ3v) is 5.27. The van der Waals surface area contributed by atoms with E-state index in [1.807, 2.05) is 0 Å². The van der Waals surface area contributed by atoms with Gasteiger partial charge in [-0.2, -0.15) is 0 Å². The van der Waals surface area contributed by atoms with Gasteiger partial charge in [0.25, 0.3) is 0 Å². The SMILES string of the molecule is O=c1c(O)c(-c2ccc(O)c(O)c2)oc2c(CN3CCCCC3)c(O)cc(O)c12. The Kier molecular flexibility index (Phi) is 4.71. The van der Waals surface area contributed by atoms with Crippen LogP contribution in [0.25, 0.3) is 22.3 Å². The minimum Gasteiger partial charge on any atom is -0.507 e. The summed E-state index contributed by atoms with van der Waals surface area (Å²) in [6, 6.07) is 4.78. The first kappa shape index (κ1) is 18.9. The Labute approximate surface area is 165 Å². The highest BCUT2D eigenvalue weighted by Gasteiger charge is 2.24. The maximum Gasteiger partial charge on any atom is 0.238 e. The van der Waals surface area contributed by atoms with E-state index in [2.05, 4.69) is 4.90 Å². The molecule has 1 aliphatic heterocycles. The molecule has 152 valence electrons. The van der Waals surface area contributed by atoms with Crippen molar-refractivity contribution in [1.82, 2.24) is 4.90 Å². The van der Waals surface area contributed by atoms with Crippen molar-refractivity contribution in [3.63, 3.8) is 0 Å². The summed E-state index contributed by atoms with van der Waals surface area (Å²) >= 11 is 0. The number of rotatable bonds is 3. The lowest BCUT2D eigenvalue weighted by Gasteiger charge is -2.27. The molecule has 8 heteroatoms. The number of fused-ring (bicyclic) bond motifs is 1. The van der Waals surface area contributed by atoms with Crippen molar-refractivity contribution in [3.8, 4) is 40.1 Å². The number of piperidine rings is 1. The molecule has 1 fully saturated rings. The number of hydrogen-bond acceptors (Lipinski definition) is 8.